The van der Waals surface area contributed by atoms with Gasteiger partial charge in [-0.15, -0.1) is 0 Å². The summed E-state index contributed by atoms with van der Waals surface area (Å²) in [6, 6.07) is 6.13. The first kappa shape index (κ1) is 14.8. The Balaban J connectivity index is 2.62. The van der Waals surface area contributed by atoms with E-state index in [2.05, 4.69) is 4.98 Å². The molecule has 2 aromatic rings. The van der Waals surface area contributed by atoms with E-state index >= 15 is 0 Å². The lowest BCUT2D eigenvalue weighted by molar-refractivity contribution is -0.390. The van der Waals surface area contributed by atoms with Crippen molar-refractivity contribution in [3.05, 3.63) is 49.4 Å². The molecule has 20 heavy (non-hydrogen) atoms. The number of nitrogens with zero attached hydrogens (tertiary/aromatic N) is 2. The predicted octanol–water partition coefficient (Wildman–Crippen LogP) is 4.63. The van der Waals surface area contributed by atoms with Crippen LogP contribution < -0.4 is 4.74 Å². The molecule has 0 atom stereocenters. The van der Waals surface area contributed by atoms with Gasteiger partial charge < -0.3 is 14.9 Å². The second-order valence-electron chi connectivity index (χ2n) is 3.70. The molecule has 8 heteroatoms. The number of hydrogen-bond donors (Lipinski definition) is 0. The summed E-state index contributed by atoms with van der Waals surface area (Å²) in [6.45, 7) is 0. The maximum absolute atomic E-state index is 11.0. The van der Waals surface area contributed by atoms with Crippen LogP contribution in [0.15, 0.2) is 24.3 Å². The van der Waals surface area contributed by atoms with Crippen molar-refractivity contribution in [2.45, 2.75) is 0 Å². The number of ether oxygens (including phenoxy) is 1. The molecular formula is C12H7Cl3N2O3. The van der Waals surface area contributed by atoms with Crippen molar-refractivity contribution < 1.29 is 9.66 Å². The monoisotopic (exact) mass is 332 g/mol. The zero-order chi connectivity index (χ0) is 14.9. The third kappa shape index (κ3) is 2.65. The van der Waals surface area contributed by atoms with Crippen LogP contribution >= 0.6 is 34.8 Å². The maximum Gasteiger partial charge on any atom is 0.406 e. The average molecular weight is 334 g/mol. The van der Waals surface area contributed by atoms with Gasteiger partial charge in [0.25, 0.3) is 0 Å². The van der Waals surface area contributed by atoms with Gasteiger partial charge in [-0.2, -0.15) is 0 Å². The van der Waals surface area contributed by atoms with E-state index < -0.39 is 10.7 Å². The molecule has 0 unspecified atom stereocenters. The van der Waals surface area contributed by atoms with Crippen LogP contribution in [0, 0.1) is 10.1 Å². The van der Waals surface area contributed by atoms with Gasteiger partial charge in [-0.3, -0.25) is 0 Å². The Labute approximate surface area is 129 Å². The van der Waals surface area contributed by atoms with E-state index in [1.54, 1.807) is 18.2 Å². The third-order valence-electron chi connectivity index (χ3n) is 2.54. The number of aromatic nitrogens is 1. The molecular weight excluding hydrogens is 327 g/mol. The van der Waals surface area contributed by atoms with E-state index in [0.717, 1.165) is 0 Å². The van der Waals surface area contributed by atoms with Crippen molar-refractivity contribution in [3.63, 3.8) is 0 Å². The summed E-state index contributed by atoms with van der Waals surface area (Å²) in [6.07, 6.45) is 0. The highest BCUT2D eigenvalue weighted by Crippen LogP contribution is 2.38. The van der Waals surface area contributed by atoms with Crippen LogP contribution in [-0.4, -0.2) is 17.0 Å². The molecule has 1 aromatic heterocycles. The molecule has 0 bridgehead atoms. The molecule has 0 amide bonds. The zero-order valence-electron chi connectivity index (χ0n) is 10.1. The molecule has 0 aliphatic carbocycles. The molecule has 5 nitrogen and oxygen atoms in total. The van der Waals surface area contributed by atoms with Crippen molar-refractivity contribution in [1.29, 1.82) is 0 Å². The van der Waals surface area contributed by atoms with Crippen LogP contribution in [0.2, 0.25) is 15.1 Å². The number of methoxy groups -OCH3 is 1. The van der Waals surface area contributed by atoms with E-state index in [4.69, 9.17) is 39.5 Å². The summed E-state index contributed by atoms with van der Waals surface area (Å²) < 4.78 is 4.89. The topological polar surface area (TPSA) is 65.3 Å². The van der Waals surface area contributed by atoms with E-state index in [1.165, 1.54) is 13.2 Å². The minimum atomic E-state index is -0.631. The first-order valence-corrected chi connectivity index (χ1v) is 6.42. The van der Waals surface area contributed by atoms with Crippen molar-refractivity contribution >= 4 is 40.6 Å². The van der Waals surface area contributed by atoms with Crippen LogP contribution in [0.4, 0.5) is 5.82 Å². The molecule has 0 saturated carbocycles. The van der Waals surface area contributed by atoms with Gasteiger partial charge in [0, 0.05) is 5.56 Å². The molecule has 1 aromatic carbocycles. The van der Waals surface area contributed by atoms with Crippen molar-refractivity contribution in [1.82, 2.24) is 4.98 Å². The SMILES string of the molecule is COc1ccc(-c2ccc(Cl)c(Cl)c2Cl)nc1[N+](=O)[O-]. The van der Waals surface area contributed by atoms with Crippen LogP contribution in [0.5, 0.6) is 5.75 Å². The summed E-state index contributed by atoms with van der Waals surface area (Å²) in [4.78, 5) is 14.3. The number of hydrogen-bond acceptors (Lipinski definition) is 4. The molecule has 0 aliphatic heterocycles. The fraction of sp³-hybridized carbons (Fsp3) is 0.0833. The van der Waals surface area contributed by atoms with Crippen LogP contribution in [0.3, 0.4) is 0 Å². The fourth-order valence-electron chi connectivity index (χ4n) is 1.60. The van der Waals surface area contributed by atoms with Gasteiger partial charge in [0.05, 0.1) is 22.2 Å². The molecule has 1 heterocycles. The number of benzene rings is 1. The lowest BCUT2D eigenvalue weighted by atomic mass is 10.1. The summed E-state index contributed by atoms with van der Waals surface area (Å²) in [5.74, 6) is -0.331. The van der Waals surface area contributed by atoms with Gasteiger partial charge in [-0.1, -0.05) is 34.8 Å². The fourth-order valence-corrected chi connectivity index (χ4v) is 2.23. The summed E-state index contributed by atoms with van der Waals surface area (Å²) in [5.41, 5.74) is 0.757. The molecule has 0 N–H and O–H groups in total. The summed E-state index contributed by atoms with van der Waals surface area (Å²) in [7, 11) is 1.33. The van der Waals surface area contributed by atoms with Crippen LogP contribution in [-0.2, 0) is 0 Å². The molecule has 2 rings (SSSR count). The van der Waals surface area contributed by atoms with Gasteiger partial charge in [0.2, 0.25) is 5.75 Å². The largest absolute Gasteiger partial charge is 0.489 e. The maximum atomic E-state index is 11.0. The van der Waals surface area contributed by atoms with E-state index in [1.807, 2.05) is 0 Å². The number of nitro groups is 1. The quantitative estimate of drug-likeness (QED) is 0.467. The molecule has 104 valence electrons. The zero-order valence-corrected chi connectivity index (χ0v) is 12.3. The van der Waals surface area contributed by atoms with E-state index in [0.29, 0.717) is 16.3 Å². The Kier molecular flexibility index (Phi) is 4.32. The first-order chi connectivity index (χ1) is 9.45. The van der Waals surface area contributed by atoms with Gasteiger partial charge in [-0.05, 0) is 34.2 Å². The van der Waals surface area contributed by atoms with Crippen molar-refractivity contribution in [2.75, 3.05) is 7.11 Å². The Morgan fingerprint density at radius 2 is 1.85 bits per heavy atom. The highest BCUT2D eigenvalue weighted by molar-refractivity contribution is 6.49. The van der Waals surface area contributed by atoms with Crippen LogP contribution in [0.25, 0.3) is 11.3 Å². The third-order valence-corrected chi connectivity index (χ3v) is 3.84. The normalized spacial score (nSPS) is 10.4. The highest BCUT2D eigenvalue weighted by Gasteiger charge is 2.21. The minimum Gasteiger partial charge on any atom is -0.489 e. The Hall–Kier alpha value is -1.56. The minimum absolute atomic E-state index is 0.0648. The molecule has 0 fully saturated rings. The number of pyridine rings is 1. The standard InChI is InChI=1S/C12H7Cl3N2O3/c1-20-9-5-4-8(16-12(9)17(18)19)6-2-3-7(13)11(15)10(6)14/h2-5H,1H3. The predicted molar refractivity (Wildman–Crippen MR) is 77.9 cm³/mol. The lowest BCUT2D eigenvalue weighted by Gasteiger charge is -2.06. The van der Waals surface area contributed by atoms with Gasteiger partial charge in [0.15, 0.2) is 5.69 Å². The molecule has 0 saturated heterocycles. The van der Waals surface area contributed by atoms with Gasteiger partial charge in [-0.25, -0.2) is 0 Å². The smallest absolute Gasteiger partial charge is 0.406 e. The molecule has 0 spiro atoms. The van der Waals surface area contributed by atoms with Crippen molar-refractivity contribution in [2.24, 2.45) is 0 Å². The number of halogens is 3. The highest BCUT2D eigenvalue weighted by atomic mass is 35.5. The van der Waals surface area contributed by atoms with Crippen molar-refractivity contribution in [3.8, 4) is 17.0 Å². The van der Waals surface area contributed by atoms with Gasteiger partial charge in [0.1, 0.15) is 0 Å². The average Bonchev–Trinajstić information content (AvgIpc) is 2.44. The van der Waals surface area contributed by atoms with E-state index in [9.17, 15) is 10.1 Å². The lowest BCUT2D eigenvalue weighted by Crippen LogP contribution is -1.98. The Bertz CT molecular complexity index is 692. The second-order valence-corrected chi connectivity index (χ2v) is 4.87. The molecule has 0 aliphatic rings. The summed E-state index contributed by atoms with van der Waals surface area (Å²) in [5, 5.41) is 11.6. The van der Waals surface area contributed by atoms with E-state index in [-0.39, 0.29) is 15.8 Å². The summed E-state index contributed by atoms with van der Waals surface area (Å²) >= 11 is 17.9. The Morgan fingerprint density at radius 1 is 1.15 bits per heavy atom. The first-order valence-electron chi connectivity index (χ1n) is 5.29. The number of rotatable bonds is 3. The molecule has 0 radical (unpaired) electrons. The Morgan fingerprint density at radius 3 is 2.45 bits per heavy atom. The van der Waals surface area contributed by atoms with Gasteiger partial charge >= 0.3 is 5.82 Å². The second kappa shape index (κ2) is 5.83. The van der Waals surface area contributed by atoms with Crippen LogP contribution in [0.1, 0.15) is 0 Å².